The number of phenols is 1. The van der Waals surface area contributed by atoms with Crippen LogP contribution >= 0.6 is 0 Å². The zero-order valence-corrected chi connectivity index (χ0v) is 11.0. The molecule has 0 amide bonds. The standard InChI is InChI=1S/C16H17NO2/c1-17-9-8-12-10-16(5-2-13(12)11-17)19-15-6-3-14(18)4-7-15/h2-7,10,18H,8-9,11H2,1H3. The third-order valence-electron chi connectivity index (χ3n) is 3.45. The zero-order valence-electron chi connectivity index (χ0n) is 11.0. The largest absolute Gasteiger partial charge is 0.508 e. The van der Waals surface area contributed by atoms with Crippen LogP contribution in [0.4, 0.5) is 0 Å². The van der Waals surface area contributed by atoms with E-state index in [-0.39, 0.29) is 5.75 Å². The summed E-state index contributed by atoms with van der Waals surface area (Å²) in [7, 11) is 2.14. The van der Waals surface area contributed by atoms with E-state index >= 15 is 0 Å². The molecule has 0 radical (unpaired) electrons. The Balaban J connectivity index is 1.80. The van der Waals surface area contributed by atoms with Gasteiger partial charge in [0.05, 0.1) is 0 Å². The predicted molar refractivity (Wildman–Crippen MR) is 74.7 cm³/mol. The van der Waals surface area contributed by atoms with Crippen LogP contribution < -0.4 is 4.74 Å². The molecule has 0 bridgehead atoms. The Morgan fingerprint density at radius 2 is 1.74 bits per heavy atom. The lowest BCUT2D eigenvalue weighted by Crippen LogP contribution is -2.26. The summed E-state index contributed by atoms with van der Waals surface area (Å²) in [6, 6.07) is 13.1. The second kappa shape index (κ2) is 4.94. The van der Waals surface area contributed by atoms with Crippen LogP contribution in [0.5, 0.6) is 17.2 Å². The molecular weight excluding hydrogens is 238 g/mol. The van der Waals surface area contributed by atoms with Crippen LogP contribution in [-0.2, 0) is 13.0 Å². The number of aromatic hydroxyl groups is 1. The van der Waals surface area contributed by atoms with Gasteiger partial charge in [0.15, 0.2) is 0 Å². The Hall–Kier alpha value is -2.00. The quantitative estimate of drug-likeness (QED) is 0.894. The van der Waals surface area contributed by atoms with Crippen LogP contribution in [0.15, 0.2) is 42.5 Å². The Bertz CT molecular complexity index is 578. The second-order valence-corrected chi connectivity index (χ2v) is 5.01. The first kappa shape index (κ1) is 12.1. The topological polar surface area (TPSA) is 32.7 Å². The van der Waals surface area contributed by atoms with Crippen LogP contribution in [0.2, 0.25) is 0 Å². The van der Waals surface area contributed by atoms with Gasteiger partial charge in [0.2, 0.25) is 0 Å². The molecule has 0 unspecified atom stereocenters. The van der Waals surface area contributed by atoms with Crippen molar-refractivity contribution in [2.45, 2.75) is 13.0 Å². The highest BCUT2D eigenvalue weighted by atomic mass is 16.5. The number of ether oxygens (including phenoxy) is 1. The summed E-state index contributed by atoms with van der Waals surface area (Å²) in [4.78, 5) is 2.32. The summed E-state index contributed by atoms with van der Waals surface area (Å²) in [6.07, 6.45) is 1.07. The average Bonchev–Trinajstić information content (AvgIpc) is 2.42. The van der Waals surface area contributed by atoms with Gasteiger partial charge in [0.1, 0.15) is 17.2 Å². The molecule has 2 aromatic carbocycles. The van der Waals surface area contributed by atoms with Crippen LogP contribution in [0, 0.1) is 0 Å². The average molecular weight is 255 g/mol. The number of hydrogen-bond acceptors (Lipinski definition) is 3. The van der Waals surface area contributed by atoms with Gasteiger partial charge in [0, 0.05) is 13.1 Å². The summed E-state index contributed by atoms with van der Waals surface area (Å²) >= 11 is 0. The highest BCUT2D eigenvalue weighted by molar-refractivity contribution is 5.40. The van der Waals surface area contributed by atoms with Gasteiger partial charge in [-0.1, -0.05) is 6.07 Å². The maximum atomic E-state index is 9.25. The smallest absolute Gasteiger partial charge is 0.127 e. The van der Waals surface area contributed by atoms with Gasteiger partial charge >= 0.3 is 0 Å². The SMILES string of the molecule is CN1CCc2cc(Oc3ccc(O)cc3)ccc2C1. The van der Waals surface area contributed by atoms with Gasteiger partial charge in [-0.2, -0.15) is 0 Å². The maximum absolute atomic E-state index is 9.25. The molecule has 0 aromatic heterocycles. The summed E-state index contributed by atoms with van der Waals surface area (Å²) in [5.41, 5.74) is 2.75. The van der Waals surface area contributed by atoms with Gasteiger partial charge in [-0.05, 0) is 61.0 Å². The minimum atomic E-state index is 0.251. The van der Waals surface area contributed by atoms with Crippen molar-refractivity contribution in [2.75, 3.05) is 13.6 Å². The van der Waals surface area contributed by atoms with Gasteiger partial charge in [0.25, 0.3) is 0 Å². The Labute approximate surface area is 113 Å². The highest BCUT2D eigenvalue weighted by Gasteiger charge is 2.13. The molecule has 1 N–H and O–H groups in total. The Morgan fingerprint density at radius 1 is 1.00 bits per heavy atom. The van der Waals surface area contributed by atoms with E-state index in [1.54, 1.807) is 24.3 Å². The van der Waals surface area contributed by atoms with Crippen molar-refractivity contribution in [1.29, 1.82) is 0 Å². The summed E-state index contributed by atoms with van der Waals surface area (Å²) in [5, 5.41) is 9.25. The zero-order chi connectivity index (χ0) is 13.2. The summed E-state index contributed by atoms with van der Waals surface area (Å²) in [5.74, 6) is 1.85. The summed E-state index contributed by atoms with van der Waals surface area (Å²) in [6.45, 7) is 2.10. The lowest BCUT2D eigenvalue weighted by molar-refractivity contribution is 0.312. The molecule has 1 aliphatic heterocycles. The van der Waals surface area contributed by atoms with E-state index in [1.807, 2.05) is 6.07 Å². The minimum Gasteiger partial charge on any atom is -0.508 e. The molecule has 3 rings (SSSR count). The van der Waals surface area contributed by atoms with Crippen molar-refractivity contribution in [3.05, 3.63) is 53.6 Å². The highest BCUT2D eigenvalue weighted by Crippen LogP contribution is 2.27. The molecule has 0 saturated heterocycles. The Morgan fingerprint density at radius 3 is 2.53 bits per heavy atom. The molecule has 3 heteroatoms. The molecule has 19 heavy (non-hydrogen) atoms. The fraction of sp³-hybridized carbons (Fsp3) is 0.250. The van der Waals surface area contributed by atoms with Gasteiger partial charge < -0.3 is 14.7 Å². The van der Waals surface area contributed by atoms with E-state index in [0.29, 0.717) is 0 Å². The van der Waals surface area contributed by atoms with Crippen molar-refractivity contribution < 1.29 is 9.84 Å². The first-order valence-electron chi connectivity index (χ1n) is 6.48. The lowest BCUT2D eigenvalue weighted by Gasteiger charge is -2.25. The normalized spacial score (nSPS) is 15.0. The number of fused-ring (bicyclic) bond motifs is 1. The van der Waals surface area contributed by atoms with Gasteiger partial charge in [-0.3, -0.25) is 0 Å². The number of rotatable bonds is 2. The molecule has 2 aromatic rings. The molecule has 0 fully saturated rings. The fourth-order valence-electron chi connectivity index (χ4n) is 2.38. The van der Waals surface area contributed by atoms with Gasteiger partial charge in [-0.15, -0.1) is 0 Å². The van der Waals surface area contributed by atoms with Crippen molar-refractivity contribution >= 4 is 0 Å². The predicted octanol–water partition coefficient (Wildman–Crippen LogP) is 3.17. The number of benzene rings is 2. The first-order valence-corrected chi connectivity index (χ1v) is 6.48. The molecular formula is C16H17NO2. The van der Waals surface area contributed by atoms with Crippen LogP contribution in [0.1, 0.15) is 11.1 Å². The first-order chi connectivity index (χ1) is 9.20. The number of nitrogens with zero attached hydrogens (tertiary/aromatic N) is 1. The molecule has 0 spiro atoms. The molecule has 0 atom stereocenters. The van der Waals surface area contributed by atoms with Crippen LogP contribution in [0.25, 0.3) is 0 Å². The molecule has 98 valence electrons. The number of hydrogen-bond donors (Lipinski definition) is 1. The molecule has 1 heterocycles. The number of likely N-dealkylation sites (N-methyl/N-ethyl adjacent to an activating group) is 1. The van der Waals surface area contributed by atoms with Crippen LogP contribution in [-0.4, -0.2) is 23.6 Å². The molecule has 3 nitrogen and oxygen atoms in total. The third kappa shape index (κ3) is 2.71. The van der Waals surface area contributed by atoms with Crippen molar-refractivity contribution in [3.63, 3.8) is 0 Å². The van der Waals surface area contributed by atoms with Gasteiger partial charge in [-0.25, -0.2) is 0 Å². The lowest BCUT2D eigenvalue weighted by atomic mass is 10.00. The van der Waals surface area contributed by atoms with Crippen molar-refractivity contribution in [3.8, 4) is 17.2 Å². The van der Waals surface area contributed by atoms with E-state index in [0.717, 1.165) is 31.0 Å². The van der Waals surface area contributed by atoms with Crippen molar-refractivity contribution in [1.82, 2.24) is 4.90 Å². The maximum Gasteiger partial charge on any atom is 0.127 e. The van der Waals surface area contributed by atoms with E-state index in [4.69, 9.17) is 4.74 Å². The number of phenolic OH excluding ortho intramolecular Hbond substituents is 1. The Kier molecular flexibility index (Phi) is 3.13. The molecule has 0 aliphatic carbocycles. The van der Waals surface area contributed by atoms with E-state index < -0.39 is 0 Å². The molecule has 1 aliphatic rings. The van der Waals surface area contributed by atoms with E-state index in [1.165, 1.54) is 11.1 Å². The molecule has 0 saturated carbocycles. The van der Waals surface area contributed by atoms with E-state index in [2.05, 4.69) is 24.1 Å². The van der Waals surface area contributed by atoms with E-state index in [9.17, 15) is 5.11 Å². The second-order valence-electron chi connectivity index (χ2n) is 5.01. The monoisotopic (exact) mass is 255 g/mol. The van der Waals surface area contributed by atoms with Crippen molar-refractivity contribution in [2.24, 2.45) is 0 Å². The minimum absolute atomic E-state index is 0.251. The summed E-state index contributed by atoms with van der Waals surface area (Å²) < 4.78 is 5.80. The van der Waals surface area contributed by atoms with Crippen LogP contribution in [0.3, 0.4) is 0 Å². The fourth-order valence-corrected chi connectivity index (χ4v) is 2.38. The third-order valence-corrected chi connectivity index (χ3v) is 3.45.